The number of anilines is 1. The summed E-state index contributed by atoms with van der Waals surface area (Å²) in [7, 11) is 0. The normalized spacial score (nSPS) is 15.4. The molecule has 20 heavy (non-hydrogen) atoms. The first kappa shape index (κ1) is 14.6. The van der Waals surface area contributed by atoms with Crippen molar-refractivity contribution in [2.45, 2.75) is 52.5 Å². The lowest BCUT2D eigenvalue weighted by atomic mass is 10.1. The van der Waals surface area contributed by atoms with Crippen LogP contribution < -0.4 is 10.6 Å². The van der Waals surface area contributed by atoms with Crippen LogP contribution in [0.4, 0.5) is 5.82 Å². The van der Waals surface area contributed by atoms with Gasteiger partial charge in [0.25, 0.3) is 0 Å². The summed E-state index contributed by atoms with van der Waals surface area (Å²) in [6, 6.07) is 0.517. The molecule has 0 aliphatic heterocycles. The predicted octanol–water partition coefficient (Wildman–Crippen LogP) is 1.96. The monoisotopic (exact) mass is 277 g/mol. The van der Waals surface area contributed by atoms with Gasteiger partial charge >= 0.3 is 0 Å². The highest BCUT2D eigenvalue weighted by Crippen LogP contribution is 2.33. The Balaban J connectivity index is 2.45. The number of rotatable bonds is 6. The lowest BCUT2D eigenvalue weighted by Gasteiger charge is -2.26. The van der Waals surface area contributed by atoms with Crippen molar-refractivity contribution in [2.75, 3.05) is 11.4 Å². The first-order valence-corrected chi connectivity index (χ1v) is 7.18. The Morgan fingerprint density at radius 2 is 2.10 bits per heavy atom. The summed E-state index contributed by atoms with van der Waals surface area (Å²) in [6.07, 6.45) is 4.57. The smallest absolute Gasteiger partial charge is 0.174 e. The zero-order valence-corrected chi connectivity index (χ0v) is 12.4. The largest absolute Gasteiger partial charge is 0.409 e. The Morgan fingerprint density at radius 3 is 2.65 bits per heavy atom. The summed E-state index contributed by atoms with van der Waals surface area (Å²) in [5.74, 6) is 0.858. The van der Waals surface area contributed by atoms with Crippen molar-refractivity contribution in [3.05, 3.63) is 16.8 Å². The van der Waals surface area contributed by atoms with Crippen LogP contribution in [0.2, 0.25) is 0 Å². The average molecular weight is 277 g/mol. The van der Waals surface area contributed by atoms with Gasteiger partial charge in [-0.15, -0.1) is 5.10 Å². The molecule has 6 heteroatoms. The molecule has 110 valence electrons. The summed E-state index contributed by atoms with van der Waals surface area (Å²) >= 11 is 0. The van der Waals surface area contributed by atoms with E-state index in [4.69, 9.17) is 10.9 Å². The van der Waals surface area contributed by atoms with Gasteiger partial charge in [-0.3, -0.25) is 0 Å². The summed E-state index contributed by atoms with van der Waals surface area (Å²) in [5.41, 5.74) is 8.30. The van der Waals surface area contributed by atoms with E-state index in [0.29, 0.717) is 11.6 Å². The van der Waals surface area contributed by atoms with Crippen LogP contribution in [0.5, 0.6) is 0 Å². The number of oxime groups is 1. The highest BCUT2D eigenvalue weighted by molar-refractivity contribution is 6.02. The molecule has 1 aliphatic carbocycles. The van der Waals surface area contributed by atoms with Crippen molar-refractivity contribution in [2.24, 2.45) is 10.9 Å². The minimum Gasteiger partial charge on any atom is -0.409 e. The van der Waals surface area contributed by atoms with Gasteiger partial charge in [0.05, 0.1) is 11.3 Å². The van der Waals surface area contributed by atoms with Gasteiger partial charge in [0.15, 0.2) is 11.7 Å². The quantitative estimate of drug-likeness (QED) is 0.359. The summed E-state index contributed by atoms with van der Waals surface area (Å²) in [4.78, 5) is 2.26. The molecule has 0 spiro atoms. The summed E-state index contributed by atoms with van der Waals surface area (Å²) < 4.78 is 0. The van der Waals surface area contributed by atoms with Crippen molar-refractivity contribution < 1.29 is 5.21 Å². The van der Waals surface area contributed by atoms with Crippen LogP contribution in [0, 0.1) is 13.8 Å². The SMILES string of the molecule is CCCCN(c1nnc(C)c(C)c1C(N)=NO)C1CC1. The second kappa shape index (κ2) is 6.07. The van der Waals surface area contributed by atoms with Gasteiger partial charge in [0.1, 0.15) is 0 Å². The van der Waals surface area contributed by atoms with E-state index in [9.17, 15) is 0 Å². The molecule has 2 rings (SSSR count). The van der Waals surface area contributed by atoms with E-state index in [1.165, 1.54) is 12.8 Å². The third kappa shape index (κ3) is 2.84. The number of hydrogen-bond acceptors (Lipinski definition) is 5. The molecule has 0 aromatic carbocycles. The minimum atomic E-state index is 0.109. The van der Waals surface area contributed by atoms with Gasteiger partial charge < -0.3 is 15.8 Å². The zero-order valence-electron chi connectivity index (χ0n) is 12.4. The van der Waals surface area contributed by atoms with Gasteiger partial charge in [0.2, 0.25) is 0 Å². The number of nitrogens with zero attached hydrogens (tertiary/aromatic N) is 4. The Hall–Kier alpha value is -1.85. The van der Waals surface area contributed by atoms with Crippen molar-refractivity contribution in [3.8, 4) is 0 Å². The maximum absolute atomic E-state index is 9.04. The van der Waals surface area contributed by atoms with E-state index in [2.05, 4.69) is 27.2 Å². The van der Waals surface area contributed by atoms with Crippen LogP contribution in [-0.2, 0) is 0 Å². The fourth-order valence-electron chi connectivity index (χ4n) is 2.33. The van der Waals surface area contributed by atoms with Crippen LogP contribution in [0.3, 0.4) is 0 Å². The molecule has 0 radical (unpaired) electrons. The molecule has 1 saturated carbocycles. The second-order valence-electron chi connectivity index (χ2n) is 5.37. The zero-order chi connectivity index (χ0) is 14.7. The Bertz CT molecular complexity index is 511. The maximum Gasteiger partial charge on any atom is 0.174 e. The molecule has 0 atom stereocenters. The Kier molecular flexibility index (Phi) is 4.42. The van der Waals surface area contributed by atoms with Crippen LogP contribution in [0.25, 0.3) is 0 Å². The van der Waals surface area contributed by atoms with Gasteiger partial charge in [-0.2, -0.15) is 5.10 Å². The van der Waals surface area contributed by atoms with Gasteiger partial charge in [-0.25, -0.2) is 0 Å². The lowest BCUT2D eigenvalue weighted by Crippen LogP contribution is -2.32. The second-order valence-corrected chi connectivity index (χ2v) is 5.37. The molecule has 0 bridgehead atoms. The number of unbranched alkanes of at least 4 members (excludes halogenated alkanes) is 1. The molecular formula is C14H23N5O. The third-order valence-electron chi connectivity index (χ3n) is 3.81. The lowest BCUT2D eigenvalue weighted by molar-refractivity contribution is 0.318. The molecule has 1 aromatic rings. The van der Waals surface area contributed by atoms with E-state index in [0.717, 1.165) is 36.5 Å². The number of nitrogens with two attached hydrogens (primary N) is 1. The molecule has 6 nitrogen and oxygen atoms in total. The number of hydrogen-bond donors (Lipinski definition) is 2. The van der Waals surface area contributed by atoms with Crippen molar-refractivity contribution in [3.63, 3.8) is 0 Å². The van der Waals surface area contributed by atoms with Gasteiger partial charge in [-0.05, 0) is 38.7 Å². The molecule has 0 unspecified atom stereocenters. The van der Waals surface area contributed by atoms with Crippen LogP contribution in [0.15, 0.2) is 5.16 Å². The highest BCUT2D eigenvalue weighted by atomic mass is 16.4. The van der Waals surface area contributed by atoms with Gasteiger partial charge in [0, 0.05) is 12.6 Å². The molecule has 1 fully saturated rings. The minimum absolute atomic E-state index is 0.109. The number of aromatic nitrogens is 2. The van der Waals surface area contributed by atoms with Gasteiger partial charge in [-0.1, -0.05) is 18.5 Å². The topological polar surface area (TPSA) is 87.6 Å². The van der Waals surface area contributed by atoms with E-state index in [1.807, 2.05) is 13.8 Å². The van der Waals surface area contributed by atoms with E-state index >= 15 is 0 Å². The van der Waals surface area contributed by atoms with Crippen molar-refractivity contribution >= 4 is 11.7 Å². The van der Waals surface area contributed by atoms with Crippen molar-refractivity contribution in [1.82, 2.24) is 10.2 Å². The standard InChI is InChI=1S/C14H23N5O/c1-4-5-8-19(11-6-7-11)14-12(13(15)18-20)9(2)10(3)16-17-14/h11,20H,4-8H2,1-3H3,(H2,15,18). The van der Waals surface area contributed by atoms with Crippen LogP contribution in [0.1, 0.15) is 49.4 Å². The van der Waals surface area contributed by atoms with Crippen LogP contribution >= 0.6 is 0 Å². The van der Waals surface area contributed by atoms with E-state index < -0.39 is 0 Å². The highest BCUT2D eigenvalue weighted by Gasteiger charge is 2.32. The third-order valence-corrected chi connectivity index (χ3v) is 3.81. The number of aryl methyl sites for hydroxylation is 1. The maximum atomic E-state index is 9.04. The van der Waals surface area contributed by atoms with E-state index in [-0.39, 0.29) is 5.84 Å². The molecular weight excluding hydrogens is 254 g/mol. The average Bonchev–Trinajstić information content (AvgIpc) is 3.27. The summed E-state index contributed by atoms with van der Waals surface area (Å²) in [6.45, 7) is 6.92. The first-order chi connectivity index (χ1) is 9.60. The molecule has 0 amide bonds. The number of amidine groups is 1. The van der Waals surface area contributed by atoms with Crippen LogP contribution in [-0.4, -0.2) is 33.8 Å². The Morgan fingerprint density at radius 1 is 1.40 bits per heavy atom. The predicted molar refractivity (Wildman–Crippen MR) is 79.3 cm³/mol. The Labute approximate surface area is 119 Å². The van der Waals surface area contributed by atoms with E-state index in [1.54, 1.807) is 0 Å². The first-order valence-electron chi connectivity index (χ1n) is 7.18. The molecule has 0 saturated heterocycles. The molecule has 1 aliphatic rings. The molecule has 1 aromatic heterocycles. The fourth-order valence-corrected chi connectivity index (χ4v) is 2.33. The fraction of sp³-hybridized carbons (Fsp3) is 0.643. The molecule has 3 N–H and O–H groups in total. The molecule has 1 heterocycles. The summed E-state index contributed by atoms with van der Waals surface area (Å²) in [5, 5.41) is 20.7. The van der Waals surface area contributed by atoms with Crippen molar-refractivity contribution in [1.29, 1.82) is 0 Å².